The summed E-state index contributed by atoms with van der Waals surface area (Å²) in [5.74, 6) is -0.445. The zero-order valence-corrected chi connectivity index (χ0v) is 10.2. The fraction of sp³-hybridized carbons (Fsp3) is 0.273. The van der Waals surface area contributed by atoms with Crippen LogP contribution in [0.1, 0.15) is 12.5 Å². The molecule has 3 nitrogen and oxygen atoms in total. The summed E-state index contributed by atoms with van der Waals surface area (Å²) in [5, 5.41) is 3.52. The van der Waals surface area contributed by atoms with E-state index in [1.807, 2.05) is 30.3 Å². The van der Waals surface area contributed by atoms with Crippen LogP contribution >= 0.6 is 23.2 Å². The second-order valence-corrected chi connectivity index (χ2v) is 4.26. The lowest BCUT2D eigenvalue weighted by molar-refractivity contribution is -0.142. The van der Waals surface area contributed by atoms with Crippen molar-refractivity contribution in [2.75, 3.05) is 0 Å². The highest BCUT2D eigenvalue weighted by molar-refractivity contribution is 6.54. The minimum atomic E-state index is -0.760. The van der Waals surface area contributed by atoms with Gasteiger partial charge in [-0.1, -0.05) is 58.7 Å². The van der Waals surface area contributed by atoms with Gasteiger partial charge in [0.15, 0.2) is 0 Å². The van der Waals surface area contributed by atoms with Crippen LogP contribution < -0.4 is 0 Å². The van der Waals surface area contributed by atoms with Crippen molar-refractivity contribution >= 4 is 34.9 Å². The molecule has 0 amide bonds. The fourth-order valence-corrected chi connectivity index (χ4v) is 1.04. The topological polar surface area (TPSA) is 38.7 Å². The summed E-state index contributed by atoms with van der Waals surface area (Å²) < 4.78 is 0. The molecule has 0 spiro atoms. The second-order valence-electron chi connectivity index (χ2n) is 3.16. The van der Waals surface area contributed by atoms with Gasteiger partial charge in [0, 0.05) is 0 Å². The summed E-state index contributed by atoms with van der Waals surface area (Å²) in [4.78, 5) is 15.2. The Bertz CT molecular complexity index is 377. The van der Waals surface area contributed by atoms with E-state index in [1.54, 1.807) is 6.92 Å². The molecule has 0 aromatic heterocycles. The summed E-state index contributed by atoms with van der Waals surface area (Å²) in [7, 11) is 0. The van der Waals surface area contributed by atoms with Crippen molar-refractivity contribution in [3.63, 3.8) is 0 Å². The Labute approximate surface area is 104 Å². The Balaban J connectivity index is 2.46. The van der Waals surface area contributed by atoms with Crippen molar-refractivity contribution in [1.82, 2.24) is 0 Å². The first-order valence-corrected chi connectivity index (χ1v) is 5.53. The van der Waals surface area contributed by atoms with Gasteiger partial charge in [-0.2, -0.15) is 0 Å². The standard InChI is InChI=1S/C11H11Cl2NO2/c1-8(11(12)13)14-16-10(15)7-9-5-3-2-4-6-9/h2-6,11H,7H2,1H3. The minimum Gasteiger partial charge on any atom is -0.318 e. The zero-order chi connectivity index (χ0) is 12.0. The smallest absolute Gasteiger partial charge is 0.318 e. The van der Waals surface area contributed by atoms with Crippen LogP contribution in [-0.4, -0.2) is 16.5 Å². The first kappa shape index (κ1) is 13.0. The lowest BCUT2D eigenvalue weighted by atomic mass is 10.2. The van der Waals surface area contributed by atoms with E-state index in [-0.39, 0.29) is 6.42 Å². The van der Waals surface area contributed by atoms with E-state index < -0.39 is 10.8 Å². The Kier molecular flexibility index (Phi) is 5.29. The second kappa shape index (κ2) is 6.51. The molecule has 0 aliphatic heterocycles. The Hall–Kier alpha value is -1.06. The number of carbonyl (C=O) groups excluding carboxylic acids is 1. The van der Waals surface area contributed by atoms with Gasteiger partial charge >= 0.3 is 5.97 Å². The maximum atomic E-state index is 11.3. The van der Waals surface area contributed by atoms with Gasteiger partial charge in [-0.3, -0.25) is 0 Å². The number of hydrogen-bond acceptors (Lipinski definition) is 3. The van der Waals surface area contributed by atoms with E-state index in [4.69, 9.17) is 23.2 Å². The average molecular weight is 260 g/mol. The van der Waals surface area contributed by atoms with E-state index in [9.17, 15) is 4.79 Å². The molecular weight excluding hydrogens is 249 g/mol. The van der Waals surface area contributed by atoms with Crippen LogP contribution in [0, 0.1) is 0 Å². The molecule has 0 aliphatic rings. The van der Waals surface area contributed by atoms with Crippen LogP contribution in [0.15, 0.2) is 35.5 Å². The van der Waals surface area contributed by atoms with Crippen LogP contribution in [0.5, 0.6) is 0 Å². The number of carbonyl (C=O) groups is 1. The molecular formula is C11H11Cl2NO2. The van der Waals surface area contributed by atoms with Crippen molar-refractivity contribution in [2.45, 2.75) is 18.2 Å². The molecule has 0 radical (unpaired) electrons. The molecule has 86 valence electrons. The quantitative estimate of drug-likeness (QED) is 0.361. The number of oxime groups is 1. The molecule has 0 N–H and O–H groups in total. The van der Waals surface area contributed by atoms with Gasteiger partial charge in [-0.25, -0.2) is 4.79 Å². The third-order valence-corrected chi connectivity index (χ3v) is 2.43. The van der Waals surface area contributed by atoms with Gasteiger partial charge in [0.1, 0.15) is 4.84 Å². The molecule has 5 heteroatoms. The molecule has 0 aliphatic carbocycles. The predicted octanol–water partition coefficient (Wildman–Crippen LogP) is 2.95. The van der Waals surface area contributed by atoms with Crippen molar-refractivity contribution in [3.8, 4) is 0 Å². The van der Waals surface area contributed by atoms with Gasteiger partial charge in [-0.05, 0) is 12.5 Å². The summed E-state index contributed by atoms with van der Waals surface area (Å²) >= 11 is 11.0. The number of alkyl halides is 2. The van der Waals surface area contributed by atoms with Gasteiger partial charge in [-0.15, -0.1) is 0 Å². The highest BCUT2D eigenvalue weighted by Crippen LogP contribution is 2.05. The van der Waals surface area contributed by atoms with Gasteiger partial charge in [0.2, 0.25) is 0 Å². The highest BCUT2D eigenvalue weighted by atomic mass is 35.5. The maximum absolute atomic E-state index is 11.3. The molecule has 16 heavy (non-hydrogen) atoms. The molecule has 0 bridgehead atoms. The third kappa shape index (κ3) is 4.64. The number of nitrogens with zero attached hydrogens (tertiary/aromatic N) is 1. The van der Waals surface area contributed by atoms with E-state index in [1.165, 1.54) is 0 Å². The number of hydrogen-bond donors (Lipinski definition) is 0. The van der Waals surface area contributed by atoms with Crippen LogP contribution in [-0.2, 0) is 16.1 Å². The highest BCUT2D eigenvalue weighted by Gasteiger charge is 2.07. The van der Waals surface area contributed by atoms with E-state index in [2.05, 4.69) is 9.99 Å². The molecule has 0 saturated heterocycles. The number of rotatable bonds is 4. The van der Waals surface area contributed by atoms with E-state index in [0.717, 1.165) is 5.56 Å². The first-order valence-electron chi connectivity index (χ1n) is 4.66. The maximum Gasteiger partial charge on any atom is 0.339 e. The van der Waals surface area contributed by atoms with Crippen molar-refractivity contribution in [2.24, 2.45) is 5.16 Å². The molecule has 0 heterocycles. The summed E-state index contributed by atoms with van der Waals surface area (Å²) in [5.41, 5.74) is 1.22. The van der Waals surface area contributed by atoms with Crippen molar-refractivity contribution < 1.29 is 9.63 Å². The third-order valence-electron chi connectivity index (χ3n) is 1.80. The monoisotopic (exact) mass is 259 g/mol. The molecule has 1 rings (SSSR count). The lowest BCUT2D eigenvalue weighted by Crippen LogP contribution is -2.08. The van der Waals surface area contributed by atoms with E-state index in [0.29, 0.717) is 5.71 Å². The molecule has 1 aromatic rings. The fourth-order valence-electron chi connectivity index (χ4n) is 0.958. The number of benzene rings is 1. The van der Waals surface area contributed by atoms with Gasteiger partial charge < -0.3 is 4.84 Å². The average Bonchev–Trinajstić information content (AvgIpc) is 2.27. The normalized spacial score (nSPS) is 11.6. The summed E-state index contributed by atoms with van der Waals surface area (Å²) in [6, 6.07) is 9.26. The van der Waals surface area contributed by atoms with Crippen LogP contribution in [0.2, 0.25) is 0 Å². The van der Waals surface area contributed by atoms with Gasteiger partial charge in [0.25, 0.3) is 0 Å². The van der Waals surface area contributed by atoms with Crippen LogP contribution in [0.4, 0.5) is 0 Å². The molecule has 0 fully saturated rings. The van der Waals surface area contributed by atoms with Gasteiger partial charge in [0.05, 0.1) is 12.1 Å². The predicted molar refractivity (Wildman–Crippen MR) is 64.8 cm³/mol. The Morgan fingerprint density at radius 1 is 1.38 bits per heavy atom. The van der Waals surface area contributed by atoms with Crippen molar-refractivity contribution in [3.05, 3.63) is 35.9 Å². The molecule has 0 atom stereocenters. The van der Waals surface area contributed by atoms with Crippen LogP contribution in [0.3, 0.4) is 0 Å². The SMILES string of the molecule is CC(=NOC(=O)Cc1ccccc1)C(Cl)Cl. The molecule has 0 saturated carbocycles. The van der Waals surface area contributed by atoms with Crippen molar-refractivity contribution in [1.29, 1.82) is 0 Å². The zero-order valence-electron chi connectivity index (χ0n) is 8.69. The molecule has 0 unspecified atom stereocenters. The number of halogens is 2. The minimum absolute atomic E-state index is 0.173. The van der Waals surface area contributed by atoms with Crippen LogP contribution in [0.25, 0.3) is 0 Å². The summed E-state index contributed by atoms with van der Waals surface area (Å²) in [6.45, 7) is 1.58. The lowest BCUT2D eigenvalue weighted by Gasteiger charge is -2.01. The summed E-state index contributed by atoms with van der Waals surface area (Å²) in [6.07, 6.45) is 0.173. The molecule has 1 aromatic carbocycles. The Morgan fingerprint density at radius 2 is 2.00 bits per heavy atom. The Morgan fingerprint density at radius 3 is 2.56 bits per heavy atom. The first-order chi connectivity index (χ1) is 7.59. The van der Waals surface area contributed by atoms with E-state index >= 15 is 0 Å². The largest absolute Gasteiger partial charge is 0.339 e.